The lowest BCUT2D eigenvalue weighted by Gasteiger charge is -2.19. The summed E-state index contributed by atoms with van der Waals surface area (Å²) in [5.74, 6) is 0.731. The normalized spacial score (nSPS) is 13.9. The van der Waals surface area contributed by atoms with Crippen LogP contribution in [0.4, 0.5) is 0 Å². The standard InChI is InChI=1S/C17H19N3O2S/c1-11(19-14(10-21)15-6-4-8-22-15)16-12(2)20-17(23-16)13-5-3-7-18-9-13/h3-9,11,14,19,21H,10H2,1-2H3. The fourth-order valence-corrected chi connectivity index (χ4v) is 3.58. The summed E-state index contributed by atoms with van der Waals surface area (Å²) in [4.78, 5) is 9.94. The van der Waals surface area contributed by atoms with Gasteiger partial charge in [0.25, 0.3) is 0 Å². The number of furan rings is 1. The van der Waals surface area contributed by atoms with Gasteiger partial charge in [-0.3, -0.25) is 10.3 Å². The van der Waals surface area contributed by atoms with E-state index in [0.29, 0.717) is 0 Å². The van der Waals surface area contributed by atoms with E-state index < -0.39 is 0 Å². The molecule has 23 heavy (non-hydrogen) atoms. The van der Waals surface area contributed by atoms with Crippen LogP contribution in [0.25, 0.3) is 10.6 Å². The van der Waals surface area contributed by atoms with Gasteiger partial charge in [-0.05, 0) is 38.1 Å². The number of pyridine rings is 1. The molecule has 2 N–H and O–H groups in total. The summed E-state index contributed by atoms with van der Waals surface area (Å²) in [6.07, 6.45) is 5.19. The van der Waals surface area contributed by atoms with Crippen molar-refractivity contribution in [3.8, 4) is 10.6 Å². The number of nitrogens with zero attached hydrogens (tertiary/aromatic N) is 2. The van der Waals surface area contributed by atoms with Gasteiger partial charge in [-0.2, -0.15) is 0 Å². The minimum atomic E-state index is -0.233. The van der Waals surface area contributed by atoms with Crippen molar-refractivity contribution in [1.29, 1.82) is 0 Å². The first-order valence-corrected chi connectivity index (χ1v) is 8.28. The second kappa shape index (κ2) is 7.04. The Labute approximate surface area is 139 Å². The number of thiazole rings is 1. The number of aromatic nitrogens is 2. The smallest absolute Gasteiger partial charge is 0.125 e. The molecule has 0 aliphatic heterocycles. The van der Waals surface area contributed by atoms with Crippen molar-refractivity contribution >= 4 is 11.3 Å². The Hall–Kier alpha value is -2.02. The molecule has 6 heteroatoms. The number of aliphatic hydroxyl groups excluding tert-OH is 1. The van der Waals surface area contributed by atoms with Crippen molar-refractivity contribution in [3.05, 3.63) is 59.3 Å². The van der Waals surface area contributed by atoms with Crippen LogP contribution in [0.1, 0.15) is 35.3 Å². The van der Waals surface area contributed by atoms with E-state index in [9.17, 15) is 5.11 Å². The summed E-state index contributed by atoms with van der Waals surface area (Å²) in [5, 5.41) is 14.0. The third-order valence-corrected chi connectivity index (χ3v) is 5.04. The fourth-order valence-electron chi connectivity index (χ4n) is 2.51. The van der Waals surface area contributed by atoms with Gasteiger partial charge in [0, 0.05) is 28.9 Å². The predicted molar refractivity (Wildman–Crippen MR) is 90.2 cm³/mol. The first-order chi connectivity index (χ1) is 11.2. The van der Waals surface area contributed by atoms with Crippen molar-refractivity contribution in [2.45, 2.75) is 25.9 Å². The highest BCUT2D eigenvalue weighted by Gasteiger charge is 2.20. The van der Waals surface area contributed by atoms with Crippen molar-refractivity contribution in [3.63, 3.8) is 0 Å². The molecule has 0 bridgehead atoms. The first kappa shape index (κ1) is 15.9. The van der Waals surface area contributed by atoms with E-state index >= 15 is 0 Å². The van der Waals surface area contributed by atoms with Gasteiger partial charge in [0.1, 0.15) is 10.8 Å². The van der Waals surface area contributed by atoms with Gasteiger partial charge in [-0.15, -0.1) is 11.3 Å². The minimum Gasteiger partial charge on any atom is -0.468 e. The van der Waals surface area contributed by atoms with E-state index in [1.165, 1.54) is 0 Å². The average Bonchev–Trinajstić information content (AvgIpc) is 3.23. The summed E-state index contributed by atoms with van der Waals surface area (Å²) in [5.41, 5.74) is 2.01. The first-order valence-electron chi connectivity index (χ1n) is 7.47. The van der Waals surface area contributed by atoms with Crippen LogP contribution in [0, 0.1) is 6.92 Å². The molecule has 0 fully saturated rings. The van der Waals surface area contributed by atoms with Crippen LogP contribution >= 0.6 is 11.3 Å². The van der Waals surface area contributed by atoms with Gasteiger partial charge in [0.2, 0.25) is 0 Å². The molecule has 5 nitrogen and oxygen atoms in total. The van der Waals surface area contributed by atoms with E-state index in [1.807, 2.05) is 37.4 Å². The van der Waals surface area contributed by atoms with Crippen LogP contribution < -0.4 is 5.32 Å². The number of hydrogen-bond acceptors (Lipinski definition) is 6. The molecule has 0 aliphatic carbocycles. The maximum atomic E-state index is 9.60. The minimum absolute atomic E-state index is 0.0227. The number of aryl methyl sites for hydroxylation is 1. The number of nitrogens with one attached hydrogen (secondary N) is 1. The third-order valence-electron chi connectivity index (χ3n) is 3.65. The van der Waals surface area contributed by atoms with Crippen LogP contribution in [-0.2, 0) is 0 Å². The Morgan fingerprint density at radius 2 is 2.22 bits per heavy atom. The second-order valence-corrected chi connectivity index (χ2v) is 6.38. The summed E-state index contributed by atoms with van der Waals surface area (Å²) >= 11 is 1.64. The summed E-state index contributed by atoms with van der Waals surface area (Å²) in [6, 6.07) is 7.42. The molecule has 0 saturated heterocycles. The Bertz CT molecular complexity index is 741. The van der Waals surface area contributed by atoms with Gasteiger partial charge in [-0.1, -0.05) is 0 Å². The monoisotopic (exact) mass is 329 g/mol. The van der Waals surface area contributed by atoms with Crippen molar-refractivity contribution in [1.82, 2.24) is 15.3 Å². The SMILES string of the molecule is Cc1nc(-c2cccnc2)sc1C(C)NC(CO)c1ccco1. The van der Waals surface area contributed by atoms with E-state index in [2.05, 4.69) is 22.2 Å². The van der Waals surface area contributed by atoms with Crippen molar-refractivity contribution in [2.75, 3.05) is 6.61 Å². The number of hydrogen-bond donors (Lipinski definition) is 2. The topological polar surface area (TPSA) is 71.2 Å². The van der Waals surface area contributed by atoms with Gasteiger partial charge in [0.05, 0.1) is 24.6 Å². The van der Waals surface area contributed by atoms with Crippen molar-refractivity contribution < 1.29 is 9.52 Å². The maximum absolute atomic E-state index is 9.60. The quantitative estimate of drug-likeness (QED) is 0.724. The van der Waals surface area contributed by atoms with Crippen LogP contribution in [0.5, 0.6) is 0 Å². The molecule has 3 aromatic heterocycles. The molecule has 3 aromatic rings. The third kappa shape index (κ3) is 3.50. The van der Waals surface area contributed by atoms with Crippen LogP contribution in [0.3, 0.4) is 0 Å². The molecule has 2 unspecified atom stereocenters. The summed E-state index contributed by atoms with van der Waals surface area (Å²) in [7, 11) is 0. The molecule has 120 valence electrons. The Balaban J connectivity index is 1.80. The van der Waals surface area contributed by atoms with Crippen molar-refractivity contribution in [2.24, 2.45) is 0 Å². The molecule has 0 aliphatic rings. The van der Waals surface area contributed by atoms with Crippen LogP contribution in [0.2, 0.25) is 0 Å². The van der Waals surface area contributed by atoms with E-state index in [4.69, 9.17) is 4.42 Å². The summed E-state index contributed by atoms with van der Waals surface area (Å²) in [6.45, 7) is 4.05. The Kier molecular flexibility index (Phi) is 4.85. The zero-order chi connectivity index (χ0) is 16.2. The highest BCUT2D eigenvalue weighted by molar-refractivity contribution is 7.15. The van der Waals surface area contributed by atoms with Gasteiger partial charge < -0.3 is 9.52 Å². The average molecular weight is 329 g/mol. The lowest BCUT2D eigenvalue weighted by atomic mass is 10.1. The van der Waals surface area contributed by atoms with Crippen LogP contribution in [0.15, 0.2) is 47.3 Å². The molecular formula is C17H19N3O2S. The molecule has 0 amide bonds. The largest absolute Gasteiger partial charge is 0.468 e. The summed E-state index contributed by atoms with van der Waals surface area (Å²) < 4.78 is 5.39. The van der Waals surface area contributed by atoms with E-state index in [0.717, 1.165) is 26.9 Å². The van der Waals surface area contributed by atoms with E-state index in [-0.39, 0.29) is 18.7 Å². The number of aliphatic hydroxyl groups is 1. The van der Waals surface area contributed by atoms with Gasteiger partial charge in [0.15, 0.2) is 0 Å². The molecule has 0 spiro atoms. The zero-order valence-electron chi connectivity index (χ0n) is 13.1. The molecule has 2 atom stereocenters. The molecule has 0 aromatic carbocycles. The predicted octanol–water partition coefficient (Wildman–Crippen LogP) is 3.49. The fraction of sp³-hybridized carbons (Fsp3) is 0.294. The Morgan fingerprint density at radius 1 is 1.35 bits per heavy atom. The number of rotatable bonds is 6. The lowest BCUT2D eigenvalue weighted by molar-refractivity contribution is 0.217. The Morgan fingerprint density at radius 3 is 2.87 bits per heavy atom. The molecule has 0 saturated carbocycles. The van der Waals surface area contributed by atoms with Gasteiger partial charge >= 0.3 is 0 Å². The molecule has 3 rings (SSSR count). The molecule has 3 heterocycles. The second-order valence-electron chi connectivity index (χ2n) is 5.35. The highest BCUT2D eigenvalue weighted by atomic mass is 32.1. The van der Waals surface area contributed by atoms with E-state index in [1.54, 1.807) is 23.8 Å². The molecular weight excluding hydrogens is 310 g/mol. The van der Waals surface area contributed by atoms with Gasteiger partial charge in [-0.25, -0.2) is 4.98 Å². The molecule has 0 radical (unpaired) electrons. The highest BCUT2D eigenvalue weighted by Crippen LogP contribution is 2.32. The van der Waals surface area contributed by atoms with Crippen LogP contribution in [-0.4, -0.2) is 21.7 Å². The maximum Gasteiger partial charge on any atom is 0.125 e. The lowest BCUT2D eigenvalue weighted by Crippen LogP contribution is -2.26. The zero-order valence-corrected chi connectivity index (χ0v) is 13.9.